The van der Waals surface area contributed by atoms with E-state index in [1.807, 2.05) is 43.5 Å². The highest BCUT2D eigenvalue weighted by atomic mass is 32.2. The zero-order valence-corrected chi connectivity index (χ0v) is 14.1. The van der Waals surface area contributed by atoms with Crippen molar-refractivity contribution in [3.05, 3.63) is 59.2 Å². The molecule has 0 aliphatic rings. The molecule has 0 aliphatic carbocycles. The van der Waals surface area contributed by atoms with E-state index in [2.05, 4.69) is 17.4 Å². The molecular formula is C18H23NO2S. The van der Waals surface area contributed by atoms with Gasteiger partial charge in [-0.1, -0.05) is 35.9 Å². The van der Waals surface area contributed by atoms with Gasteiger partial charge >= 0.3 is 0 Å². The molecule has 2 aromatic rings. The van der Waals surface area contributed by atoms with Crippen molar-refractivity contribution in [2.24, 2.45) is 0 Å². The van der Waals surface area contributed by atoms with Crippen LogP contribution in [0.4, 0.5) is 0 Å². The number of hydrogen-bond acceptors (Lipinski definition) is 4. The lowest BCUT2D eigenvalue weighted by molar-refractivity contribution is 0.174. The molecule has 0 saturated carbocycles. The predicted octanol–water partition coefficient (Wildman–Crippen LogP) is 3.55. The van der Waals surface area contributed by atoms with Crippen LogP contribution in [0.15, 0.2) is 47.4 Å². The molecule has 2 N–H and O–H groups in total. The highest BCUT2D eigenvalue weighted by Gasteiger charge is 2.08. The highest BCUT2D eigenvalue weighted by Crippen LogP contribution is 2.28. The maximum absolute atomic E-state index is 10.2. The van der Waals surface area contributed by atoms with Gasteiger partial charge in [-0.2, -0.15) is 0 Å². The van der Waals surface area contributed by atoms with Gasteiger partial charge in [0.2, 0.25) is 0 Å². The number of ether oxygens (including phenoxy) is 1. The molecule has 2 aromatic carbocycles. The molecule has 0 bridgehead atoms. The number of rotatable bonds is 7. The van der Waals surface area contributed by atoms with E-state index in [0.29, 0.717) is 13.1 Å². The first-order valence-corrected chi connectivity index (χ1v) is 8.52. The van der Waals surface area contributed by atoms with E-state index < -0.39 is 6.10 Å². The molecule has 22 heavy (non-hydrogen) atoms. The first-order chi connectivity index (χ1) is 10.6. The van der Waals surface area contributed by atoms with Crippen molar-refractivity contribution < 1.29 is 9.84 Å². The Labute approximate surface area is 136 Å². The average molecular weight is 317 g/mol. The fraction of sp³-hybridized carbons (Fsp3) is 0.333. The molecule has 0 heterocycles. The van der Waals surface area contributed by atoms with Gasteiger partial charge in [-0.25, -0.2) is 0 Å². The molecule has 0 radical (unpaired) electrons. The van der Waals surface area contributed by atoms with E-state index in [-0.39, 0.29) is 0 Å². The summed E-state index contributed by atoms with van der Waals surface area (Å²) in [5.74, 6) is 0.894. The molecule has 3 nitrogen and oxygen atoms in total. The molecule has 0 saturated heterocycles. The zero-order chi connectivity index (χ0) is 15.9. The second kappa shape index (κ2) is 8.22. The number of aliphatic hydroxyl groups is 1. The normalized spacial score (nSPS) is 12.2. The Morgan fingerprint density at radius 1 is 1.23 bits per heavy atom. The SMILES string of the molecule is COc1cc(CNCC(O)c2cccc(C)c2)ccc1SC. The van der Waals surface area contributed by atoms with Crippen molar-refractivity contribution in [1.29, 1.82) is 0 Å². The van der Waals surface area contributed by atoms with Crippen molar-refractivity contribution in [2.45, 2.75) is 24.5 Å². The van der Waals surface area contributed by atoms with Crippen LogP contribution in [0.1, 0.15) is 22.8 Å². The van der Waals surface area contributed by atoms with E-state index in [1.54, 1.807) is 18.9 Å². The molecule has 4 heteroatoms. The number of methoxy groups -OCH3 is 1. The van der Waals surface area contributed by atoms with Crippen molar-refractivity contribution in [3.8, 4) is 5.75 Å². The van der Waals surface area contributed by atoms with Crippen LogP contribution in [-0.4, -0.2) is 25.0 Å². The van der Waals surface area contributed by atoms with E-state index in [9.17, 15) is 5.11 Å². The van der Waals surface area contributed by atoms with Gasteiger partial charge in [0, 0.05) is 18.0 Å². The topological polar surface area (TPSA) is 41.5 Å². The number of nitrogens with one attached hydrogen (secondary N) is 1. The van der Waals surface area contributed by atoms with Gasteiger partial charge in [0.25, 0.3) is 0 Å². The largest absolute Gasteiger partial charge is 0.496 e. The summed E-state index contributed by atoms with van der Waals surface area (Å²) >= 11 is 1.67. The third-order valence-corrected chi connectivity index (χ3v) is 4.32. The Morgan fingerprint density at radius 3 is 2.73 bits per heavy atom. The second-order valence-electron chi connectivity index (χ2n) is 5.25. The van der Waals surface area contributed by atoms with Gasteiger partial charge in [0.05, 0.1) is 13.2 Å². The summed E-state index contributed by atoms with van der Waals surface area (Å²) in [5, 5.41) is 13.5. The van der Waals surface area contributed by atoms with Gasteiger partial charge in [-0.3, -0.25) is 0 Å². The number of benzene rings is 2. The van der Waals surface area contributed by atoms with Gasteiger partial charge in [-0.15, -0.1) is 11.8 Å². The third kappa shape index (κ3) is 4.50. The van der Waals surface area contributed by atoms with Crippen LogP contribution < -0.4 is 10.1 Å². The van der Waals surface area contributed by atoms with E-state index in [4.69, 9.17) is 4.74 Å². The van der Waals surface area contributed by atoms with Crippen LogP contribution in [0.25, 0.3) is 0 Å². The Bertz CT molecular complexity index is 616. The monoisotopic (exact) mass is 317 g/mol. The Morgan fingerprint density at radius 2 is 2.05 bits per heavy atom. The fourth-order valence-electron chi connectivity index (χ4n) is 2.34. The summed E-state index contributed by atoms with van der Waals surface area (Å²) in [4.78, 5) is 1.13. The van der Waals surface area contributed by atoms with Crippen molar-refractivity contribution in [1.82, 2.24) is 5.32 Å². The number of thioether (sulfide) groups is 1. The fourth-order valence-corrected chi connectivity index (χ4v) is 2.89. The predicted molar refractivity (Wildman–Crippen MR) is 92.6 cm³/mol. The van der Waals surface area contributed by atoms with Gasteiger partial charge < -0.3 is 15.2 Å². The summed E-state index contributed by atoms with van der Waals surface area (Å²) < 4.78 is 5.39. The molecule has 0 amide bonds. The number of hydrogen-bond donors (Lipinski definition) is 2. The molecular weight excluding hydrogens is 294 g/mol. The van der Waals surface area contributed by atoms with Crippen LogP contribution in [0, 0.1) is 6.92 Å². The van der Waals surface area contributed by atoms with Crippen LogP contribution in [0.5, 0.6) is 5.75 Å². The molecule has 0 spiro atoms. The highest BCUT2D eigenvalue weighted by molar-refractivity contribution is 7.98. The Kier molecular flexibility index (Phi) is 6.31. The van der Waals surface area contributed by atoms with Gasteiger partial charge in [0.1, 0.15) is 5.75 Å². The minimum Gasteiger partial charge on any atom is -0.496 e. The minimum atomic E-state index is -0.493. The minimum absolute atomic E-state index is 0.493. The standard InChI is InChI=1S/C18H23NO2S/c1-13-5-4-6-15(9-13)16(20)12-19-11-14-7-8-18(22-3)17(10-14)21-2/h4-10,16,19-20H,11-12H2,1-3H3. The molecule has 2 rings (SSSR count). The van der Waals surface area contributed by atoms with Crippen molar-refractivity contribution in [2.75, 3.05) is 19.9 Å². The van der Waals surface area contributed by atoms with Gasteiger partial charge in [0.15, 0.2) is 0 Å². The molecule has 1 unspecified atom stereocenters. The third-order valence-electron chi connectivity index (χ3n) is 3.54. The first kappa shape index (κ1) is 16.9. The van der Waals surface area contributed by atoms with Crippen molar-refractivity contribution in [3.63, 3.8) is 0 Å². The first-order valence-electron chi connectivity index (χ1n) is 7.30. The maximum atomic E-state index is 10.2. The number of aryl methyl sites for hydroxylation is 1. The Hall–Kier alpha value is -1.49. The summed E-state index contributed by atoms with van der Waals surface area (Å²) in [5.41, 5.74) is 3.25. The molecule has 1 atom stereocenters. The van der Waals surface area contributed by atoms with E-state index in [1.165, 1.54) is 0 Å². The summed E-state index contributed by atoms with van der Waals surface area (Å²) in [6, 6.07) is 14.2. The summed E-state index contributed by atoms with van der Waals surface area (Å²) in [7, 11) is 1.69. The lowest BCUT2D eigenvalue weighted by Gasteiger charge is -2.14. The van der Waals surface area contributed by atoms with Crippen LogP contribution >= 0.6 is 11.8 Å². The molecule has 0 aliphatic heterocycles. The average Bonchev–Trinajstić information content (AvgIpc) is 2.54. The van der Waals surface area contributed by atoms with Crippen molar-refractivity contribution >= 4 is 11.8 Å². The zero-order valence-electron chi connectivity index (χ0n) is 13.3. The second-order valence-corrected chi connectivity index (χ2v) is 6.10. The van der Waals surface area contributed by atoms with Crippen LogP contribution in [0.3, 0.4) is 0 Å². The number of aliphatic hydroxyl groups excluding tert-OH is 1. The quantitative estimate of drug-likeness (QED) is 0.766. The summed E-state index contributed by atoms with van der Waals surface area (Å²) in [6.07, 6.45) is 1.54. The molecule has 0 fully saturated rings. The smallest absolute Gasteiger partial charge is 0.132 e. The Balaban J connectivity index is 1.91. The summed E-state index contributed by atoms with van der Waals surface area (Å²) in [6.45, 7) is 3.26. The van der Waals surface area contributed by atoms with Gasteiger partial charge in [-0.05, 0) is 36.4 Å². The lowest BCUT2D eigenvalue weighted by Crippen LogP contribution is -2.21. The van der Waals surface area contributed by atoms with E-state index >= 15 is 0 Å². The molecule has 0 aromatic heterocycles. The van der Waals surface area contributed by atoms with Crippen LogP contribution in [-0.2, 0) is 6.54 Å². The van der Waals surface area contributed by atoms with E-state index in [0.717, 1.165) is 27.3 Å². The lowest BCUT2D eigenvalue weighted by atomic mass is 10.1. The maximum Gasteiger partial charge on any atom is 0.132 e. The van der Waals surface area contributed by atoms with Crippen LogP contribution in [0.2, 0.25) is 0 Å². The molecule has 118 valence electrons.